The Morgan fingerprint density at radius 3 is 2.63 bits per heavy atom. The molecule has 0 bridgehead atoms. The molecule has 4 rings (SSSR count). The lowest BCUT2D eigenvalue weighted by atomic mass is 10.0. The van der Waals surface area contributed by atoms with E-state index in [-0.39, 0.29) is 18.0 Å². The summed E-state index contributed by atoms with van der Waals surface area (Å²) in [5.41, 5.74) is 3.34. The van der Waals surface area contributed by atoms with Crippen molar-refractivity contribution in [2.24, 2.45) is 0 Å². The number of carbonyl (C=O) groups excluding carboxylic acids is 1. The van der Waals surface area contributed by atoms with Crippen LogP contribution in [0.4, 0.5) is 5.69 Å². The molecule has 2 aromatic carbocycles. The topological polar surface area (TPSA) is 64.0 Å². The second kappa shape index (κ2) is 8.60. The van der Waals surface area contributed by atoms with Crippen molar-refractivity contribution >= 4 is 71.7 Å². The van der Waals surface area contributed by atoms with Crippen LogP contribution in [-0.2, 0) is 11.3 Å². The van der Waals surface area contributed by atoms with Gasteiger partial charge < -0.3 is 5.32 Å². The van der Waals surface area contributed by atoms with Crippen molar-refractivity contribution in [1.82, 2.24) is 9.55 Å². The first-order valence-corrected chi connectivity index (χ1v) is 11.8. The van der Waals surface area contributed by atoms with Gasteiger partial charge in [0.25, 0.3) is 5.56 Å². The van der Waals surface area contributed by atoms with E-state index in [0.29, 0.717) is 10.2 Å². The number of halogens is 2. The van der Waals surface area contributed by atoms with Gasteiger partial charge in [-0.3, -0.25) is 14.2 Å². The number of hydrogen-bond acceptors (Lipinski definition) is 4. The normalized spacial score (nSPS) is 11.1. The molecule has 30 heavy (non-hydrogen) atoms. The predicted octanol–water partition coefficient (Wildman–Crippen LogP) is 5.75. The van der Waals surface area contributed by atoms with E-state index in [1.165, 1.54) is 22.2 Å². The highest BCUT2D eigenvalue weighted by Crippen LogP contribution is 2.35. The molecule has 0 fully saturated rings. The highest BCUT2D eigenvalue weighted by atomic mass is 127. The Labute approximate surface area is 199 Å². The van der Waals surface area contributed by atoms with Crippen LogP contribution in [-0.4, -0.2) is 15.5 Å². The minimum Gasteiger partial charge on any atom is -0.324 e. The number of thiophene rings is 1. The van der Waals surface area contributed by atoms with E-state index in [0.717, 1.165) is 35.3 Å². The van der Waals surface area contributed by atoms with Crippen molar-refractivity contribution in [1.29, 1.82) is 0 Å². The fourth-order valence-corrected chi connectivity index (χ4v) is 5.24. The fourth-order valence-electron chi connectivity index (χ4n) is 3.33. The summed E-state index contributed by atoms with van der Waals surface area (Å²) in [4.78, 5) is 32.0. The van der Waals surface area contributed by atoms with Gasteiger partial charge in [-0.15, -0.1) is 11.3 Å². The highest BCUT2D eigenvalue weighted by Gasteiger charge is 2.18. The first-order chi connectivity index (χ1) is 14.3. The van der Waals surface area contributed by atoms with Gasteiger partial charge >= 0.3 is 0 Å². The molecule has 2 aromatic heterocycles. The van der Waals surface area contributed by atoms with E-state index in [9.17, 15) is 9.59 Å². The summed E-state index contributed by atoms with van der Waals surface area (Å²) < 4.78 is 3.44. The summed E-state index contributed by atoms with van der Waals surface area (Å²) in [5, 5.41) is 3.44. The van der Waals surface area contributed by atoms with Crippen molar-refractivity contribution in [3.05, 3.63) is 77.6 Å². The Hall–Kier alpha value is -2.04. The van der Waals surface area contributed by atoms with Crippen LogP contribution < -0.4 is 10.9 Å². The SMILES string of the molecule is Cc1cc(I)ccc1NC(=O)Cn1cnc2sc(C)c(-c3ccc(Br)cc3)c2c1=O. The van der Waals surface area contributed by atoms with Crippen LogP contribution in [0.15, 0.2) is 58.1 Å². The number of fused-ring (bicyclic) bond motifs is 1. The third-order valence-corrected chi connectivity index (χ3v) is 6.98. The third-order valence-electron chi connectivity index (χ3n) is 4.76. The van der Waals surface area contributed by atoms with Gasteiger partial charge in [-0.2, -0.15) is 0 Å². The lowest BCUT2D eigenvalue weighted by Crippen LogP contribution is -2.28. The Bertz CT molecular complexity index is 1330. The molecule has 5 nitrogen and oxygen atoms in total. The van der Waals surface area contributed by atoms with Crippen LogP contribution in [0.2, 0.25) is 0 Å². The summed E-state index contributed by atoms with van der Waals surface area (Å²) in [6, 6.07) is 13.6. The molecule has 1 amide bonds. The van der Waals surface area contributed by atoms with E-state index in [2.05, 4.69) is 48.8 Å². The second-order valence-electron chi connectivity index (χ2n) is 6.91. The summed E-state index contributed by atoms with van der Waals surface area (Å²) in [5.74, 6) is -0.264. The Kier molecular flexibility index (Phi) is 6.08. The van der Waals surface area contributed by atoms with E-state index < -0.39 is 0 Å². The van der Waals surface area contributed by atoms with Gasteiger partial charge in [-0.1, -0.05) is 28.1 Å². The van der Waals surface area contributed by atoms with Crippen molar-refractivity contribution in [2.45, 2.75) is 20.4 Å². The fraction of sp³-hybridized carbons (Fsp3) is 0.136. The summed E-state index contributed by atoms with van der Waals surface area (Å²) >= 11 is 7.16. The maximum Gasteiger partial charge on any atom is 0.263 e. The van der Waals surface area contributed by atoms with Crippen LogP contribution >= 0.6 is 49.9 Å². The standard InChI is InChI=1S/C22H17BrIN3O2S/c1-12-9-16(24)7-8-17(12)26-18(28)10-27-11-25-21-20(22(27)29)19(13(2)30-21)14-3-5-15(23)6-4-14/h3-9,11H,10H2,1-2H3,(H,26,28). The Morgan fingerprint density at radius 2 is 1.93 bits per heavy atom. The van der Waals surface area contributed by atoms with E-state index >= 15 is 0 Å². The second-order valence-corrected chi connectivity index (χ2v) is 10.3. The Morgan fingerprint density at radius 1 is 1.20 bits per heavy atom. The number of nitrogens with one attached hydrogen (secondary N) is 1. The molecule has 0 spiro atoms. The van der Waals surface area contributed by atoms with Crippen LogP contribution in [0.5, 0.6) is 0 Å². The van der Waals surface area contributed by atoms with Crippen LogP contribution in [0.25, 0.3) is 21.3 Å². The molecule has 0 unspecified atom stereocenters. The summed E-state index contributed by atoms with van der Waals surface area (Å²) in [7, 11) is 0. The molecule has 4 aromatic rings. The minimum atomic E-state index is -0.264. The summed E-state index contributed by atoms with van der Waals surface area (Å²) in [6.07, 6.45) is 1.45. The van der Waals surface area contributed by atoms with Gasteiger partial charge in [-0.05, 0) is 77.9 Å². The first kappa shape index (κ1) is 21.2. The lowest BCUT2D eigenvalue weighted by molar-refractivity contribution is -0.116. The number of amides is 1. The van der Waals surface area contributed by atoms with E-state index in [1.807, 2.05) is 56.3 Å². The first-order valence-electron chi connectivity index (χ1n) is 9.14. The van der Waals surface area contributed by atoms with Crippen molar-refractivity contribution < 1.29 is 4.79 Å². The highest BCUT2D eigenvalue weighted by molar-refractivity contribution is 14.1. The molecule has 0 saturated carbocycles. The zero-order valence-corrected chi connectivity index (χ0v) is 20.8. The number of aromatic nitrogens is 2. The van der Waals surface area contributed by atoms with Crippen LogP contribution in [0.1, 0.15) is 10.4 Å². The predicted molar refractivity (Wildman–Crippen MR) is 134 cm³/mol. The van der Waals surface area contributed by atoms with Gasteiger partial charge in [0.1, 0.15) is 11.4 Å². The minimum absolute atomic E-state index is 0.0954. The van der Waals surface area contributed by atoms with Crippen LogP contribution in [0.3, 0.4) is 0 Å². The van der Waals surface area contributed by atoms with E-state index in [4.69, 9.17) is 0 Å². The lowest BCUT2D eigenvalue weighted by Gasteiger charge is -2.10. The molecular formula is C22H17BrIN3O2S. The number of aryl methyl sites for hydroxylation is 2. The molecule has 0 atom stereocenters. The smallest absolute Gasteiger partial charge is 0.263 e. The number of rotatable bonds is 4. The van der Waals surface area contributed by atoms with Crippen molar-refractivity contribution in [2.75, 3.05) is 5.32 Å². The zero-order valence-electron chi connectivity index (χ0n) is 16.2. The Balaban J connectivity index is 1.69. The number of hydrogen-bond donors (Lipinski definition) is 1. The van der Waals surface area contributed by atoms with Gasteiger partial charge in [0.05, 0.1) is 11.7 Å². The van der Waals surface area contributed by atoms with Gasteiger partial charge in [0.15, 0.2) is 0 Å². The van der Waals surface area contributed by atoms with Gasteiger partial charge in [0, 0.05) is 24.2 Å². The van der Waals surface area contributed by atoms with Crippen LogP contribution in [0, 0.1) is 17.4 Å². The average Bonchev–Trinajstić information content (AvgIpc) is 3.04. The summed E-state index contributed by atoms with van der Waals surface area (Å²) in [6.45, 7) is 3.83. The number of anilines is 1. The van der Waals surface area contributed by atoms with Gasteiger partial charge in [0.2, 0.25) is 5.91 Å². The molecule has 0 radical (unpaired) electrons. The molecule has 0 saturated heterocycles. The molecule has 8 heteroatoms. The zero-order chi connectivity index (χ0) is 21.4. The van der Waals surface area contributed by atoms with Gasteiger partial charge in [-0.25, -0.2) is 4.98 Å². The molecule has 1 N–H and O–H groups in total. The maximum absolute atomic E-state index is 13.2. The van der Waals surface area contributed by atoms with Crippen molar-refractivity contribution in [3.8, 4) is 11.1 Å². The van der Waals surface area contributed by atoms with Crippen molar-refractivity contribution in [3.63, 3.8) is 0 Å². The molecule has 2 heterocycles. The third kappa shape index (κ3) is 4.21. The molecule has 0 aliphatic rings. The molecule has 0 aliphatic carbocycles. The molecular weight excluding hydrogens is 577 g/mol. The largest absolute Gasteiger partial charge is 0.324 e. The quantitative estimate of drug-likeness (QED) is 0.307. The van der Waals surface area contributed by atoms with E-state index in [1.54, 1.807) is 0 Å². The number of benzene rings is 2. The monoisotopic (exact) mass is 593 g/mol. The molecule has 152 valence electrons. The number of carbonyl (C=O) groups is 1. The average molecular weight is 594 g/mol. The number of nitrogens with zero attached hydrogens (tertiary/aromatic N) is 2. The maximum atomic E-state index is 13.2. The molecule has 0 aliphatic heterocycles.